The Balaban J connectivity index is 1.62. The number of halogens is 1. The van der Waals surface area contributed by atoms with E-state index in [-0.39, 0.29) is 26.3 Å². The summed E-state index contributed by atoms with van der Waals surface area (Å²) in [5.41, 5.74) is -1.36. The van der Waals surface area contributed by atoms with Gasteiger partial charge in [-0.3, -0.25) is 0 Å². The minimum Gasteiger partial charge on any atom is -0.445 e. The molecule has 0 unspecified atom stereocenters. The number of amides is 1. The molecule has 1 aliphatic carbocycles. The van der Waals surface area contributed by atoms with Crippen LogP contribution in [0.5, 0.6) is 0 Å². The fraction of sp³-hybridized carbons (Fsp3) is 0.562. The summed E-state index contributed by atoms with van der Waals surface area (Å²) in [6.07, 6.45) is 1.31. The highest BCUT2D eigenvalue weighted by atomic mass is 19.1. The Labute approximate surface area is 123 Å². The number of nitrogens with zero attached hydrogens (tertiary/aromatic N) is 1. The molecule has 1 aliphatic heterocycles. The van der Waals surface area contributed by atoms with Crippen molar-refractivity contribution >= 4 is 6.09 Å². The van der Waals surface area contributed by atoms with Crippen LogP contribution in [0.15, 0.2) is 30.3 Å². The molecular weight excluding hydrogens is 273 g/mol. The summed E-state index contributed by atoms with van der Waals surface area (Å²) in [5, 5.41) is 9.58. The van der Waals surface area contributed by atoms with E-state index in [1.165, 1.54) is 4.90 Å². The number of carbonyl (C=O) groups is 1. The number of alkyl halides is 1. The number of carbonyl (C=O) groups excluding carboxylic acids is 1. The zero-order chi connectivity index (χ0) is 14.9. The predicted molar refractivity (Wildman–Crippen MR) is 75.4 cm³/mol. The van der Waals surface area contributed by atoms with Crippen molar-refractivity contribution in [1.82, 2.24) is 4.90 Å². The van der Waals surface area contributed by atoms with Crippen LogP contribution in [0.2, 0.25) is 0 Å². The molecule has 1 saturated carbocycles. The molecule has 4 nitrogen and oxygen atoms in total. The number of rotatable bonds is 3. The van der Waals surface area contributed by atoms with Gasteiger partial charge >= 0.3 is 6.09 Å². The van der Waals surface area contributed by atoms with E-state index in [4.69, 9.17) is 4.74 Å². The van der Waals surface area contributed by atoms with Crippen molar-refractivity contribution in [2.45, 2.75) is 31.5 Å². The quantitative estimate of drug-likeness (QED) is 0.931. The lowest BCUT2D eigenvalue weighted by Crippen LogP contribution is -2.41. The molecule has 114 valence electrons. The van der Waals surface area contributed by atoms with Crippen molar-refractivity contribution in [1.29, 1.82) is 0 Å². The number of ether oxygens (including phenoxy) is 1. The molecule has 2 aliphatic rings. The van der Waals surface area contributed by atoms with Crippen molar-refractivity contribution in [2.24, 2.45) is 5.41 Å². The molecule has 0 radical (unpaired) electrons. The molecular formula is C16H20FNO3. The van der Waals surface area contributed by atoms with Gasteiger partial charge in [-0.05, 0) is 24.8 Å². The number of likely N-dealkylation sites (tertiary alicyclic amines) is 1. The van der Waals surface area contributed by atoms with Crippen LogP contribution in [0.3, 0.4) is 0 Å². The monoisotopic (exact) mass is 293 g/mol. The molecule has 1 heterocycles. The first-order chi connectivity index (χ1) is 10.1. The number of aliphatic hydroxyl groups excluding tert-OH is 1. The first kappa shape index (κ1) is 14.3. The second-order valence-electron chi connectivity index (χ2n) is 6.15. The molecule has 1 amide bonds. The normalized spacial score (nSPS) is 31.2. The topological polar surface area (TPSA) is 49.8 Å². The van der Waals surface area contributed by atoms with E-state index in [1.54, 1.807) is 0 Å². The van der Waals surface area contributed by atoms with Gasteiger partial charge in [0.15, 0.2) is 0 Å². The molecule has 2 atom stereocenters. The van der Waals surface area contributed by atoms with E-state index in [9.17, 15) is 14.3 Å². The third-order valence-electron chi connectivity index (χ3n) is 4.88. The third kappa shape index (κ3) is 2.39. The molecule has 0 bridgehead atoms. The Morgan fingerprint density at radius 2 is 2.05 bits per heavy atom. The summed E-state index contributed by atoms with van der Waals surface area (Å²) in [7, 11) is 0. The maximum atomic E-state index is 14.9. The third-order valence-corrected chi connectivity index (χ3v) is 4.88. The average Bonchev–Trinajstić information content (AvgIpc) is 2.96. The Bertz CT molecular complexity index is 524. The Hall–Kier alpha value is -1.62. The van der Waals surface area contributed by atoms with Crippen LogP contribution in [0, 0.1) is 5.41 Å². The first-order valence-electron chi connectivity index (χ1n) is 7.34. The van der Waals surface area contributed by atoms with Crippen molar-refractivity contribution in [3.63, 3.8) is 0 Å². The summed E-state index contributed by atoms with van der Waals surface area (Å²) >= 11 is 0. The summed E-state index contributed by atoms with van der Waals surface area (Å²) in [4.78, 5) is 13.5. The predicted octanol–water partition coefficient (Wildman–Crippen LogP) is 2.51. The largest absolute Gasteiger partial charge is 0.445 e. The van der Waals surface area contributed by atoms with Gasteiger partial charge in [0.25, 0.3) is 0 Å². The highest BCUT2D eigenvalue weighted by molar-refractivity contribution is 5.68. The lowest BCUT2D eigenvalue weighted by atomic mass is 9.79. The number of aliphatic hydroxyl groups is 1. The van der Waals surface area contributed by atoms with Crippen LogP contribution in [-0.2, 0) is 11.3 Å². The van der Waals surface area contributed by atoms with Crippen LogP contribution >= 0.6 is 0 Å². The maximum absolute atomic E-state index is 14.9. The number of fused-ring (bicyclic) bond motifs is 1. The Morgan fingerprint density at radius 1 is 1.29 bits per heavy atom. The summed E-state index contributed by atoms with van der Waals surface area (Å²) in [5.74, 6) is 0. The number of hydrogen-bond donors (Lipinski definition) is 1. The Morgan fingerprint density at radius 3 is 2.71 bits per heavy atom. The summed E-state index contributed by atoms with van der Waals surface area (Å²) < 4.78 is 20.2. The van der Waals surface area contributed by atoms with E-state index in [2.05, 4.69) is 0 Å². The van der Waals surface area contributed by atoms with Gasteiger partial charge in [-0.15, -0.1) is 0 Å². The van der Waals surface area contributed by atoms with E-state index in [1.807, 2.05) is 30.3 Å². The molecule has 1 saturated heterocycles. The van der Waals surface area contributed by atoms with Gasteiger partial charge in [-0.1, -0.05) is 30.3 Å². The van der Waals surface area contributed by atoms with Crippen molar-refractivity contribution in [3.05, 3.63) is 35.9 Å². The van der Waals surface area contributed by atoms with Crippen LogP contribution in [-0.4, -0.2) is 41.5 Å². The zero-order valence-corrected chi connectivity index (χ0v) is 11.9. The van der Waals surface area contributed by atoms with E-state index in [0.29, 0.717) is 12.8 Å². The summed E-state index contributed by atoms with van der Waals surface area (Å²) in [6.45, 7) is 0.238. The van der Waals surface area contributed by atoms with Crippen molar-refractivity contribution < 1.29 is 19.0 Å². The van der Waals surface area contributed by atoms with Crippen molar-refractivity contribution in [2.75, 3.05) is 19.7 Å². The lowest BCUT2D eigenvalue weighted by Gasteiger charge is -2.30. The lowest BCUT2D eigenvalue weighted by molar-refractivity contribution is 0.0202. The van der Waals surface area contributed by atoms with E-state index in [0.717, 1.165) is 12.0 Å². The molecule has 0 aromatic heterocycles. The highest BCUT2D eigenvalue weighted by Gasteiger charge is 2.62. The molecule has 1 aromatic carbocycles. The van der Waals surface area contributed by atoms with Gasteiger partial charge in [0.2, 0.25) is 0 Å². The maximum Gasteiger partial charge on any atom is 0.410 e. The second-order valence-corrected chi connectivity index (χ2v) is 6.15. The minimum atomic E-state index is -1.46. The smallest absolute Gasteiger partial charge is 0.410 e. The molecule has 2 fully saturated rings. The van der Waals surface area contributed by atoms with Gasteiger partial charge in [0.05, 0.1) is 13.2 Å². The Kier molecular flexibility index (Phi) is 3.61. The molecule has 1 aromatic rings. The number of benzene rings is 1. The van der Waals surface area contributed by atoms with Crippen LogP contribution in [0.4, 0.5) is 9.18 Å². The minimum absolute atomic E-state index is 0.0290. The fourth-order valence-electron chi connectivity index (χ4n) is 3.60. The van der Waals surface area contributed by atoms with Crippen molar-refractivity contribution in [3.8, 4) is 0 Å². The van der Waals surface area contributed by atoms with Crippen LogP contribution in [0.1, 0.15) is 24.8 Å². The van der Waals surface area contributed by atoms with Gasteiger partial charge in [-0.25, -0.2) is 9.18 Å². The van der Waals surface area contributed by atoms with Gasteiger partial charge in [0, 0.05) is 12.0 Å². The zero-order valence-electron chi connectivity index (χ0n) is 11.9. The number of hydrogen-bond acceptors (Lipinski definition) is 3. The SMILES string of the molecule is O=C(OCc1ccccc1)N1C[C@]2(F)CCC[C@]2(CO)C1. The van der Waals surface area contributed by atoms with E-state index >= 15 is 0 Å². The van der Waals surface area contributed by atoms with Gasteiger partial charge < -0.3 is 14.7 Å². The summed E-state index contributed by atoms with van der Waals surface area (Å²) in [6, 6.07) is 9.39. The molecule has 1 N–H and O–H groups in total. The van der Waals surface area contributed by atoms with E-state index < -0.39 is 17.2 Å². The fourth-order valence-corrected chi connectivity index (χ4v) is 3.60. The van der Waals surface area contributed by atoms with Gasteiger partial charge in [-0.2, -0.15) is 0 Å². The highest BCUT2D eigenvalue weighted by Crippen LogP contribution is 2.53. The van der Waals surface area contributed by atoms with Crippen LogP contribution in [0.25, 0.3) is 0 Å². The average molecular weight is 293 g/mol. The molecule has 0 spiro atoms. The standard InChI is InChI=1S/C16H20FNO3/c17-16-8-4-7-15(16,12-19)10-18(11-16)14(20)21-9-13-5-2-1-3-6-13/h1-3,5-6,19H,4,7-12H2/t15-,16-/m1/s1. The molecule has 21 heavy (non-hydrogen) atoms. The van der Waals surface area contributed by atoms with Gasteiger partial charge in [0.1, 0.15) is 12.3 Å². The van der Waals surface area contributed by atoms with Crippen LogP contribution < -0.4 is 0 Å². The first-order valence-corrected chi connectivity index (χ1v) is 7.34. The molecule has 5 heteroatoms. The molecule has 3 rings (SSSR count). The second kappa shape index (κ2) is 5.30.